The van der Waals surface area contributed by atoms with E-state index >= 15 is 0 Å². The minimum absolute atomic E-state index is 0.0411. The monoisotopic (exact) mass is 463 g/mol. The molecule has 7 nitrogen and oxygen atoms in total. The van der Waals surface area contributed by atoms with E-state index in [2.05, 4.69) is 10.3 Å². The average Bonchev–Trinajstić information content (AvgIpc) is 3.21. The molecule has 2 aromatic carbocycles. The van der Waals surface area contributed by atoms with Crippen molar-refractivity contribution in [3.8, 4) is 23.3 Å². The zero-order valence-corrected chi connectivity index (χ0v) is 19.8. The summed E-state index contributed by atoms with van der Waals surface area (Å²) in [6, 6.07) is 13.1. The highest BCUT2D eigenvalue weighted by atomic mass is 32.1. The molecule has 0 aliphatic heterocycles. The molecule has 0 unspecified atom stereocenters. The lowest BCUT2D eigenvalue weighted by Crippen LogP contribution is -2.13. The number of rotatable bonds is 9. The Morgan fingerprint density at radius 3 is 2.48 bits per heavy atom. The van der Waals surface area contributed by atoms with E-state index in [9.17, 15) is 10.1 Å². The normalized spacial score (nSPS) is 10.9. The minimum Gasteiger partial charge on any atom is -0.493 e. The van der Waals surface area contributed by atoms with Gasteiger partial charge in [-0.3, -0.25) is 10.1 Å². The predicted octanol–water partition coefficient (Wildman–Crippen LogP) is 5.08. The maximum atomic E-state index is 12.4. The van der Waals surface area contributed by atoms with Crippen molar-refractivity contribution in [3.63, 3.8) is 0 Å². The number of nitrogens with one attached hydrogen (secondary N) is 1. The summed E-state index contributed by atoms with van der Waals surface area (Å²) in [6.07, 6.45) is 1.49. The summed E-state index contributed by atoms with van der Waals surface area (Å²) >= 11 is 1.30. The number of carbonyl (C=O) groups is 1. The first-order valence-corrected chi connectivity index (χ1v) is 11.1. The summed E-state index contributed by atoms with van der Waals surface area (Å²) < 4.78 is 17.1. The average molecular weight is 464 g/mol. The molecule has 8 heteroatoms. The Bertz CT molecular complexity index is 1190. The second-order valence-corrected chi connectivity index (χ2v) is 8.10. The number of amides is 1. The number of hydrogen-bond donors (Lipinski definition) is 1. The van der Waals surface area contributed by atoms with Crippen LogP contribution in [0.5, 0.6) is 17.2 Å². The molecule has 0 saturated carbocycles. The van der Waals surface area contributed by atoms with Crippen molar-refractivity contribution >= 4 is 28.5 Å². The zero-order chi connectivity index (χ0) is 23.8. The van der Waals surface area contributed by atoms with Gasteiger partial charge in [-0.25, -0.2) is 4.98 Å². The number of carbonyl (C=O) groups excluding carboxylic acids is 1. The highest BCUT2D eigenvalue weighted by molar-refractivity contribution is 7.13. The molecule has 0 atom stereocenters. The molecule has 0 fully saturated rings. The molecule has 0 bridgehead atoms. The van der Waals surface area contributed by atoms with Crippen molar-refractivity contribution in [2.75, 3.05) is 25.6 Å². The predicted molar refractivity (Wildman–Crippen MR) is 129 cm³/mol. The number of aryl methyl sites for hydroxylation is 3. The summed E-state index contributed by atoms with van der Waals surface area (Å²) in [5.74, 6) is 1.38. The van der Waals surface area contributed by atoms with Crippen LogP contribution in [0.1, 0.15) is 22.4 Å². The number of hydrogen-bond acceptors (Lipinski definition) is 7. The molecule has 1 amide bonds. The maximum absolute atomic E-state index is 12.4. The van der Waals surface area contributed by atoms with Crippen molar-refractivity contribution in [2.45, 2.75) is 20.8 Å². The van der Waals surface area contributed by atoms with Crippen LogP contribution in [-0.4, -0.2) is 31.2 Å². The van der Waals surface area contributed by atoms with Gasteiger partial charge in [-0.05, 0) is 55.7 Å². The summed E-state index contributed by atoms with van der Waals surface area (Å²) in [6.45, 7) is 6.56. The number of nitrogens with zero attached hydrogens (tertiary/aromatic N) is 2. The van der Waals surface area contributed by atoms with E-state index in [1.165, 1.54) is 24.5 Å². The molecule has 1 aromatic heterocycles. The summed E-state index contributed by atoms with van der Waals surface area (Å²) in [5.41, 5.74) is 3.54. The Morgan fingerprint density at radius 2 is 1.85 bits per heavy atom. The number of aromatic nitrogens is 1. The maximum Gasteiger partial charge on any atom is 0.268 e. The van der Waals surface area contributed by atoms with Crippen molar-refractivity contribution in [3.05, 3.63) is 69.7 Å². The topological polar surface area (TPSA) is 93.5 Å². The van der Waals surface area contributed by atoms with E-state index in [4.69, 9.17) is 14.2 Å². The fraction of sp³-hybridized carbons (Fsp3) is 0.240. The van der Waals surface area contributed by atoms with Crippen LogP contribution in [0.3, 0.4) is 0 Å². The van der Waals surface area contributed by atoms with Gasteiger partial charge in [0.2, 0.25) is 0 Å². The third kappa shape index (κ3) is 6.34. The van der Waals surface area contributed by atoms with Gasteiger partial charge in [0.1, 0.15) is 30.6 Å². The van der Waals surface area contributed by atoms with Crippen LogP contribution in [-0.2, 0) is 4.79 Å². The number of benzene rings is 2. The van der Waals surface area contributed by atoms with Crippen LogP contribution in [0.2, 0.25) is 0 Å². The molecule has 3 rings (SSSR count). The SMILES string of the molecule is COc1cc(/C=C(/C#N)C(=O)Nc2nc(C)cs2)ccc1OCCOc1c(C)cccc1C. The number of nitriles is 1. The lowest BCUT2D eigenvalue weighted by atomic mass is 10.1. The van der Waals surface area contributed by atoms with E-state index < -0.39 is 5.91 Å². The quantitative estimate of drug-likeness (QED) is 0.270. The van der Waals surface area contributed by atoms with Crippen molar-refractivity contribution in [1.82, 2.24) is 4.98 Å². The van der Waals surface area contributed by atoms with Gasteiger partial charge in [-0.15, -0.1) is 11.3 Å². The number of para-hydroxylation sites is 1. The highest BCUT2D eigenvalue weighted by Crippen LogP contribution is 2.29. The lowest BCUT2D eigenvalue weighted by molar-refractivity contribution is -0.112. The minimum atomic E-state index is -0.519. The summed E-state index contributed by atoms with van der Waals surface area (Å²) in [5, 5.41) is 14.3. The third-order valence-corrected chi connectivity index (χ3v) is 5.57. The fourth-order valence-corrected chi connectivity index (χ4v) is 3.79. The van der Waals surface area contributed by atoms with Crippen LogP contribution in [0.15, 0.2) is 47.4 Å². The van der Waals surface area contributed by atoms with Crippen molar-refractivity contribution in [1.29, 1.82) is 5.26 Å². The van der Waals surface area contributed by atoms with E-state index in [0.717, 1.165) is 22.6 Å². The van der Waals surface area contributed by atoms with Crippen LogP contribution in [0, 0.1) is 32.1 Å². The van der Waals surface area contributed by atoms with E-state index in [-0.39, 0.29) is 5.57 Å². The van der Waals surface area contributed by atoms with Gasteiger partial charge in [0.05, 0.1) is 12.8 Å². The van der Waals surface area contributed by atoms with Crippen molar-refractivity contribution < 1.29 is 19.0 Å². The van der Waals surface area contributed by atoms with Gasteiger partial charge in [0.15, 0.2) is 16.6 Å². The second-order valence-electron chi connectivity index (χ2n) is 7.25. The van der Waals surface area contributed by atoms with Gasteiger partial charge >= 0.3 is 0 Å². The first-order chi connectivity index (χ1) is 15.9. The lowest BCUT2D eigenvalue weighted by Gasteiger charge is -2.14. The number of thiazole rings is 1. The second kappa shape index (κ2) is 11.2. The largest absolute Gasteiger partial charge is 0.493 e. The molecule has 170 valence electrons. The van der Waals surface area contributed by atoms with Crippen LogP contribution in [0.4, 0.5) is 5.13 Å². The number of ether oxygens (including phenoxy) is 3. The van der Waals surface area contributed by atoms with E-state index in [1.54, 1.807) is 18.2 Å². The highest BCUT2D eigenvalue weighted by Gasteiger charge is 2.13. The molecule has 0 radical (unpaired) electrons. The molecular formula is C25H25N3O4S. The molecule has 0 aliphatic carbocycles. The zero-order valence-electron chi connectivity index (χ0n) is 19.0. The van der Waals surface area contributed by atoms with Gasteiger partial charge in [-0.2, -0.15) is 5.26 Å². The fourth-order valence-electron chi connectivity index (χ4n) is 3.11. The van der Waals surface area contributed by atoms with Crippen LogP contribution < -0.4 is 19.5 Å². The molecule has 1 N–H and O–H groups in total. The number of anilines is 1. The third-order valence-electron chi connectivity index (χ3n) is 4.70. The Balaban J connectivity index is 1.64. The first kappa shape index (κ1) is 23.8. The standard InChI is InChI=1S/C25H25N3O4S/c1-16-6-5-7-17(2)23(16)32-11-10-31-21-9-8-19(13-22(21)30-4)12-20(14-26)24(29)28-25-27-18(3)15-33-25/h5-9,12-13,15H,10-11H2,1-4H3,(H,27,28,29)/b20-12-. The molecule has 3 aromatic rings. The van der Waals surface area contributed by atoms with Crippen LogP contribution >= 0.6 is 11.3 Å². The summed E-state index contributed by atoms with van der Waals surface area (Å²) in [7, 11) is 1.53. The van der Waals surface area contributed by atoms with Gasteiger partial charge < -0.3 is 14.2 Å². The Kier molecular flexibility index (Phi) is 8.06. The smallest absolute Gasteiger partial charge is 0.268 e. The Morgan fingerprint density at radius 1 is 1.12 bits per heavy atom. The Labute approximate surface area is 197 Å². The van der Waals surface area contributed by atoms with Gasteiger partial charge in [-0.1, -0.05) is 24.3 Å². The first-order valence-electron chi connectivity index (χ1n) is 10.3. The molecule has 0 saturated heterocycles. The van der Waals surface area contributed by atoms with Crippen molar-refractivity contribution in [2.24, 2.45) is 0 Å². The molecular weight excluding hydrogens is 438 g/mol. The van der Waals surface area contributed by atoms with Crippen LogP contribution in [0.25, 0.3) is 6.08 Å². The molecule has 0 spiro atoms. The van der Waals surface area contributed by atoms with E-state index in [0.29, 0.717) is 35.4 Å². The molecule has 1 heterocycles. The Hall–Kier alpha value is -3.83. The van der Waals surface area contributed by atoms with E-state index in [1.807, 2.05) is 50.4 Å². The summed E-state index contributed by atoms with van der Waals surface area (Å²) in [4.78, 5) is 16.6. The molecule has 0 aliphatic rings. The van der Waals surface area contributed by atoms with Gasteiger partial charge in [0, 0.05) is 5.38 Å². The molecule has 33 heavy (non-hydrogen) atoms. The van der Waals surface area contributed by atoms with Gasteiger partial charge in [0.25, 0.3) is 5.91 Å². The number of methoxy groups -OCH3 is 1.